The molecule has 0 saturated heterocycles. The van der Waals surface area contributed by atoms with Gasteiger partial charge in [0.25, 0.3) is 0 Å². The van der Waals surface area contributed by atoms with E-state index in [0.717, 1.165) is 5.56 Å². The summed E-state index contributed by atoms with van der Waals surface area (Å²) >= 11 is 0. The minimum atomic E-state index is -0.557. The van der Waals surface area contributed by atoms with Gasteiger partial charge < -0.3 is 5.11 Å². The van der Waals surface area contributed by atoms with Crippen LogP contribution in [0.15, 0.2) is 42.5 Å². The molecule has 0 atom stereocenters. The van der Waals surface area contributed by atoms with Gasteiger partial charge in [-0.1, -0.05) is 68.5 Å². The number of rotatable bonds is 3. The first-order chi connectivity index (χ1) is 9.09. The van der Waals surface area contributed by atoms with Crippen LogP contribution in [0.3, 0.4) is 0 Å². The Kier molecular flexibility index (Phi) is 4.00. The average molecular weight is 256 g/mol. The largest absolute Gasteiger partial charge is 0.505 e. The molecule has 2 aromatic rings. The highest BCUT2D eigenvalue weighted by molar-refractivity contribution is 5.70. The van der Waals surface area contributed by atoms with Crippen molar-refractivity contribution in [3.8, 4) is 5.75 Å². The van der Waals surface area contributed by atoms with Crippen LogP contribution in [0.1, 0.15) is 36.5 Å². The smallest absolute Gasteiger partial charge is 0.172 e. The van der Waals surface area contributed by atoms with Gasteiger partial charge in [-0.2, -0.15) is 0 Å². The Balaban J connectivity index is 2.32. The molecule has 2 aromatic carbocycles. The zero-order valence-electron chi connectivity index (χ0n) is 11.1. The van der Waals surface area contributed by atoms with Crippen molar-refractivity contribution in [3.05, 3.63) is 65.0 Å². The van der Waals surface area contributed by atoms with Crippen LogP contribution < -0.4 is 0 Å². The monoisotopic (exact) mass is 256 g/mol. The molecule has 0 aliphatic carbocycles. The van der Waals surface area contributed by atoms with Gasteiger partial charge in [-0.15, -0.1) is 0 Å². The topological polar surface area (TPSA) is 20.2 Å². The Hall–Kier alpha value is -2.09. The van der Waals surface area contributed by atoms with Gasteiger partial charge in [0.2, 0.25) is 0 Å². The number of halogens is 1. The van der Waals surface area contributed by atoms with Crippen molar-refractivity contribution in [1.29, 1.82) is 0 Å². The Morgan fingerprint density at radius 2 is 1.68 bits per heavy atom. The third-order valence-electron chi connectivity index (χ3n) is 3.05. The van der Waals surface area contributed by atoms with E-state index in [0.29, 0.717) is 11.1 Å². The molecule has 0 aromatic heterocycles. The third-order valence-corrected chi connectivity index (χ3v) is 3.05. The van der Waals surface area contributed by atoms with E-state index < -0.39 is 5.82 Å². The molecule has 0 unspecified atom stereocenters. The Labute approximate surface area is 113 Å². The number of phenolic OH excluding ortho intramolecular Hbond substituents is 1. The van der Waals surface area contributed by atoms with Crippen LogP contribution in [-0.4, -0.2) is 5.11 Å². The van der Waals surface area contributed by atoms with E-state index in [9.17, 15) is 9.50 Å². The van der Waals surface area contributed by atoms with E-state index in [1.165, 1.54) is 0 Å². The number of hydrogen-bond donors (Lipinski definition) is 1. The van der Waals surface area contributed by atoms with Crippen molar-refractivity contribution in [3.63, 3.8) is 0 Å². The fourth-order valence-corrected chi connectivity index (χ4v) is 1.94. The van der Waals surface area contributed by atoms with Gasteiger partial charge >= 0.3 is 0 Å². The maximum Gasteiger partial charge on any atom is 0.172 e. The molecule has 0 aliphatic rings. The van der Waals surface area contributed by atoms with Crippen molar-refractivity contribution in [2.45, 2.75) is 19.8 Å². The molecule has 2 heteroatoms. The lowest BCUT2D eigenvalue weighted by molar-refractivity contribution is 0.422. The quantitative estimate of drug-likeness (QED) is 0.780. The molecule has 1 nitrogen and oxygen atoms in total. The van der Waals surface area contributed by atoms with Gasteiger partial charge in [0, 0.05) is 5.56 Å². The summed E-state index contributed by atoms with van der Waals surface area (Å²) in [6.07, 6.45) is 3.50. The Morgan fingerprint density at radius 1 is 1.00 bits per heavy atom. The second kappa shape index (κ2) is 5.70. The maximum absolute atomic E-state index is 14.0. The highest BCUT2D eigenvalue weighted by Gasteiger charge is 2.12. The van der Waals surface area contributed by atoms with E-state index in [2.05, 4.69) is 0 Å². The second-order valence-electron chi connectivity index (χ2n) is 4.81. The first-order valence-electron chi connectivity index (χ1n) is 6.34. The molecule has 0 saturated carbocycles. The predicted molar refractivity (Wildman–Crippen MR) is 77.5 cm³/mol. The molecule has 98 valence electrons. The number of aromatic hydroxyl groups is 1. The van der Waals surface area contributed by atoms with E-state index in [4.69, 9.17) is 0 Å². The molecular formula is C17H17FO. The van der Waals surface area contributed by atoms with Crippen LogP contribution in [0.5, 0.6) is 5.75 Å². The molecule has 0 bridgehead atoms. The van der Waals surface area contributed by atoms with Crippen LogP contribution in [0.25, 0.3) is 12.2 Å². The third kappa shape index (κ3) is 3.02. The molecule has 0 radical (unpaired) electrons. The van der Waals surface area contributed by atoms with Crippen LogP contribution in [0.2, 0.25) is 0 Å². The predicted octanol–water partition coefficient (Wildman–Crippen LogP) is 4.83. The summed E-state index contributed by atoms with van der Waals surface area (Å²) < 4.78 is 14.0. The van der Waals surface area contributed by atoms with Crippen LogP contribution in [-0.2, 0) is 0 Å². The zero-order valence-corrected chi connectivity index (χ0v) is 11.1. The van der Waals surface area contributed by atoms with Gasteiger partial charge in [-0.05, 0) is 17.0 Å². The van der Waals surface area contributed by atoms with Gasteiger partial charge in [0.1, 0.15) is 0 Å². The average Bonchev–Trinajstić information content (AvgIpc) is 2.41. The fourth-order valence-electron chi connectivity index (χ4n) is 1.94. The molecule has 2 rings (SSSR count). The van der Waals surface area contributed by atoms with Gasteiger partial charge in [-0.3, -0.25) is 0 Å². The van der Waals surface area contributed by atoms with Crippen molar-refractivity contribution in [2.24, 2.45) is 0 Å². The Bertz CT molecular complexity index is 586. The van der Waals surface area contributed by atoms with E-state index in [1.54, 1.807) is 18.2 Å². The first kappa shape index (κ1) is 13.3. The van der Waals surface area contributed by atoms with Crippen LogP contribution in [0, 0.1) is 5.82 Å². The lowest BCUT2D eigenvalue weighted by Crippen LogP contribution is -1.93. The molecular weight excluding hydrogens is 239 g/mol. The van der Waals surface area contributed by atoms with Crippen molar-refractivity contribution >= 4 is 12.2 Å². The number of hydrogen-bond acceptors (Lipinski definition) is 1. The summed E-state index contributed by atoms with van der Waals surface area (Å²) in [5, 5.41) is 9.84. The number of phenols is 1. The summed E-state index contributed by atoms with van der Waals surface area (Å²) in [6, 6.07) is 13.1. The molecule has 19 heavy (non-hydrogen) atoms. The van der Waals surface area contributed by atoms with E-state index in [1.807, 2.05) is 50.3 Å². The zero-order chi connectivity index (χ0) is 13.8. The molecule has 0 spiro atoms. The second-order valence-corrected chi connectivity index (χ2v) is 4.81. The van der Waals surface area contributed by atoms with E-state index >= 15 is 0 Å². The summed E-state index contributed by atoms with van der Waals surface area (Å²) in [5.41, 5.74) is 2.02. The lowest BCUT2D eigenvalue weighted by Gasteiger charge is -2.10. The van der Waals surface area contributed by atoms with Crippen molar-refractivity contribution in [2.75, 3.05) is 0 Å². The van der Waals surface area contributed by atoms with Gasteiger partial charge in [0.15, 0.2) is 11.6 Å². The molecule has 0 aliphatic heterocycles. The normalized spacial score (nSPS) is 11.4. The lowest BCUT2D eigenvalue weighted by atomic mass is 9.99. The minimum Gasteiger partial charge on any atom is -0.505 e. The molecule has 0 heterocycles. The molecule has 0 amide bonds. The minimum absolute atomic E-state index is 0.0988. The van der Waals surface area contributed by atoms with Crippen LogP contribution in [0.4, 0.5) is 4.39 Å². The highest BCUT2D eigenvalue weighted by Crippen LogP contribution is 2.30. The van der Waals surface area contributed by atoms with Gasteiger partial charge in [0.05, 0.1) is 0 Å². The highest BCUT2D eigenvalue weighted by atomic mass is 19.1. The van der Waals surface area contributed by atoms with E-state index in [-0.39, 0.29) is 11.7 Å². The summed E-state index contributed by atoms with van der Waals surface area (Å²) in [6.45, 7) is 3.85. The van der Waals surface area contributed by atoms with Crippen molar-refractivity contribution < 1.29 is 9.50 Å². The standard InChI is InChI=1S/C17H17FO/c1-12(2)15-11-10-14(16(18)17(15)19)9-8-13-6-4-3-5-7-13/h3-12,19H,1-2H3/b9-8+. The van der Waals surface area contributed by atoms with Crippen molar-refractivity contribution in [1.82, 2.24) is 0 Å². The summed E-state index contributed by atoms with van der Waals surface area (Å²) in [7, 11) is 0. The van der Waals surface area contributed by atoms with Gasteiger partial charge in [-0.25, -0.2) is 4.39 Å². The maximum atomic E-state index is 14.0. The fraction of sp³-hybridized carbons (Fsp3) is 0.176. The molecule has 1 N–H and O–H groups in total. The molecule has 0 fully saturated rings. The summed E-state index contributed by atoms with van der Waals surface area (Å²) in [4.78, 5) is 0. The Morgan fingerprint density at radius 3 is 2.32 bits per heavy atom. The summed E-state index contributed by atoms with van der Waals surface area (Å²) in [5.74, 6) is -0.703. The SMILES string of the molecule is CC(C)c1ccc(/C=C/c2ccccc2)c(F)c1O. The van der Waals surface area contributed by atoms with Crippen LogP contribution >= 0.6 is 0 Å². The first-order valence-corrected chi connectivity index (χ1v) is 6.34. The number of benzene rings is 2.